The Morgan fingerprint density at radius 1 is 0.958 bits per heavy atom. The molecule has 0 atom stereocenters. The van der Waals surface area contributed by atoms with Crippen LogP contribution in [-0.2, 0) is 6.54 Å². The molecule has 0 bridgehead atoms. The predicted octanol–water partition coefficient (Wildman–Crippen LogP) is 3.96. The van der Waals surface area contributed by atoms with Gasteiger partial charge in [-0.1, -0.05) is 65.0 Å². The Kier molecular flexibility index (Phi) is 3.67. The molecule has 0 aliphatic carbocycles. The van der Waals surface area contributed by atoms with Crippen molar-refractivity contribution in [3.63, 3.8) is 0 Å². The molecule has 0 unspecified atom stereocenters. The van der Waals surface area contributed by atoms with Crippen LogP contribution in [0.5, 0.6) is 0 Å². The summed E-state index contributed by atoms with van der Waals surface area (Å²) >= 11 is 0. The van der Waals surface area contributed by atoms with E-state index in [0.29, 0.717) is 6.54 Å². The number of benzene rings is 2. The first-order valence-corrected chi connectivity index (χ1v) is 7.77. The zero-order valence-electron chi connectivity index (χ0n) is 13.3. The topological polar surface area (TPSA) is 56.7 Å². The van der Waals surface area contributed by atoms with E-state index in [-0.39, 0.29) is 0 Å². The van der Waals surface area contributed by atoms with Gasteiger partial charge in [-0.2, -0.15) is 0 Å². The summed E-state index contributed by atoms with van der Waals surface area (Å²) in [5.41, 5.74) is 4.98. The minimum atomic E-state index is 0.499. The molecule has 0 N–H and O–H groups in total. The third-order valence-corrected chi connectivity index (χ3v) is 3.91. The maximum atomic E-state index is 5.45. The van der Waals surface area contributed by atoms with Crippen molar-refractivity contribution in [1.29, 1.82) is 0 Å². The Morgan fingerprint density at radius 2 is 1.75 bits per heavy atom. The average Bonchev–Trinajstić information content (AvgIpc) is 3.26. The van der Waals surface area contributed by atoms with Gasteiger partial charge in [-0.05, 0) is 12.5 Å². The zero-order valence-corrected chi connectivity index (χ0v) is 13.3. The lowest BCUT2D eigenvalue weighted by molar-refractivity contribution is 0.371. The second kappa shape index (κ2) is 6.12. The SMILES string of the molecule is Cc1ccccc1-c1cc(Cn2cc(-c3ccccc3)nn2)on1. The summed E-state index contributed by atoms with van der Waals surface area (Å²) in [7, 11) is 0. The predicted molar refractivity (Wildman–Crippen MR) is 91.2 cm³/mol. The van der Waals surface area contributed by atoms with Crippen molar-refractivity contribution >= 4 is 0 Å². The highest BCUT2D eigenvalue weighted by Crippen LogP contribution is 2.23. The average molecular weight is 316 g/mol. The lowest BCUT2D eigenvalue weighted by Crippen LogP contribution is -1.98. The first-order chi connectivity index (χ1) is 11.8. The van der Waals surface area contributed by atoms with Crippen molar-refractivity contribution < 1.29 is 4.52 Å². The summed E-state index contributed by atoms with van der Waals surface area (Å²) in [5, 5.41) is 12.6. The van der Waals surface area contributed by atoms with Gasteiger partial charge >= 0.3 is 0 Å². The van der Waals surface area contributed by atoms with E-state index in [4.69, 9.17) is 4.52 Å². The molecule has 118 valence electrons. The quantitative estimate of drug-likeness (QED) is 0.572. The van der Waals surface area contributed by atoms with E-state index in [1.165, 1.54) is 5.56 Å². The molecule has 4 aromatic rings. The van der Waals surface area contributed by atoms with Crippen molar-refractivity contribution in [2.24, 2.45) is 0 Å². The van der Waals surface area contributed by atoms with Crippen LogP contribution in [0, 0.1) is 6.92 Å². The number of hydrogen-bond donors (Lipinski definition) is 0. The summed E-state index contributed by atoms with van der Waals surface area (Å²) < 4.78 is 7.21. The van der Waals surface area contributed by atoms with Gasteiger partial charge < -0.3 is 4.52 Å². The highest BCUT2D eigenvalue weighted by molar-refractivity contribution is 5.63. The lowest BCUT2D eigenvalue weighted by Gasteiger charge is -1.99. The van der Waals surface area contributed by atoms with E-state index in [9.17, 15) is 0 Å². The van der Waals surface area contributed by atoms with Crippen LogP contribution in [0.3, 0.4) is 0 Å². The molecule has 2 heterocycles. The molecule has 24 heavy (non-hydrogen) atoms. The van der Waals surface area contributed by atoms with Gasteiger partial charge in [-0.3, -0.25) is 0 Å². The molecule has 2 aromatic heterocycles. The molecule has 0 fully saturated rings. The van der Waals surface area contributed by atoms with Gasteiger partial charge in [-0.15, -0.1) is 5.10 Å². The zero-order chi connectivity index (χ0) is 16.4. The minimum absolute atomic E-state index is 0.499. The molecule has 0 saturated carbocycles. The molecule has 5 nitrogen and oxygen atoms in total. The summed E-state index contributed by atoms with van der Waals surface area (Å²) in [6.45, 7) is 2.56. The van der Waals surface area contributed by atoms with Crippen LogP contribution >= 0.6 is 0 Å². The van der Waals surface area contributed by atoms with Crippen LogP contribution in [0.25, 0.3) is 22.5 Å². The Morgan fingerprint density at radius 3 is 2.58 bits per heavy atom. The third-order valence-electron chi connectivity index (χ3n) is 3.91. The Balaban J connectivity index is 1.55. The summed E-state index contributed by atoms with van der Waals surface area (Å²) in [4.78, 5) is 0. The van der Waals surface area contributed by atoms with Gasteiger partial charge in [0, 0.05) is 17.2 Å². The third kappa shape index (κ3) is 2.84. The molecule has 2 aromatic carbocycles. The molecule has 5 heteroatoms. The van der Waals surface area contributed by atoms with Crippen LogP contribution in [-0.4, -0.2) is 20.2 Å². The Labute approximate surface area is 139 Å². The number of nitrogens with zero attached hydrogens (tertiary/aromatic N) is 4. The van der Waals surface area contributed by atoms with Crippen LogP contribution in [0.15, 0.2) is 71.4 Å². The van der Waals surface area contributed by atoms with Crippen molar-refractivity contribution in [2.75, 3.05) is 0 Å². The molecule has 4 rings (SSSR count). The van der Waals surface area contributed by atoms with Crippen molar-refractivity contribution in [3.05, 3.63) is 78.2 Å². The molecular weight excluding hydrogens is 300 g/mol. The number of rotatable bonds is 4. The van der Waals surface area contributed by atoms with Crippen LogP contribution in [0.1, 0.15) is 11.3 Å². The second-order valence-electron chi connectivity index (χ2n) is 5.66. The minimum Gasteiger partial charge on any atom is -0.359 e. The van der Waals surface area contributed by atoms with Gasteiger partial charge in [0.2, 0.25) is 0 Å². The Bertz CT molecular complexity index is 956. The van der Waals surface area contributed by atoms with Crippen molar-refractivity contribution in [2.45, 2.75) is 13.5 Å². The number of aromatic nitrogens is 4. The summed E-state index contributed by atoms with van der Waals surface area (Å²) in [5.74, 6) is 0.748. The molecule has 0 spiro atoms. The van der Waals surface area contributed by atoms with E-state index >= 15 is 0 Å². The normalized spacial score (nSPS) is 10.9. The monoisotopic (exact) mass is 316 g/mol. The van der Waals surface area contributed by atoms with E-state index in [1.807, 2.05) is 60.8 Å². The smallest absolute Gasteiger partial charge is 0.158 e. The largest absolute Gasteiger partial charge is 0.359 e. The summed E-state index contributed by atoms with van der Waals surface area (Å²) in [6.07, 6.45) is 1.91. The summed E-state index contributed by atoms with van der Waals surface area (Å²) in [6, 6.07) is 20.0. The maximum absolute atomic E-state index is 5.45. The van der Waals surface area contributed by atoms with Crippen LogP contribution in [0.2, 0.25) is 0 Å². The molecular formula is C19H16N4O. The van der Waals surface area contributed by atoms with E-state index in [2.05, 4.69) is 28.5 Å². The van der Waals surface area contributed by atoms with Gasteiger partial charge in [0.25, 0.3) is 0 Å². The maximum Gasteiger partial charge on any atom is 0.158 e. The fourth-order valence-corrected chi connectivity index (χ4v) is 2.65. The first kappa shape index (κ1) is 14.4. The number of aryl methyl sites for hydroxylation is 1. The Hall–Kier alpha value is -3.21. The van der Waals surface area contributed by atoms with Crippen LogP contribution in [0.4, 0.5) is 0 Å². The van der Waals surface area contributed by atoms with E-state index in [0.717, 1.165) is 28.3 Å². The fraction of sp³-hybridized carbons (Fsp3) is 0.105. The second-order valence-corrected chi connectivity index (χ2v) is 5.66. The highest BCUT2D eigenvalue weighted by atomic mass is 16.5. The van der Waals surface area contributed by atoms with E-state index in [1.54, 1.807) is 4.68 Å². The molecule has 0 aliphatic rings. The van der Waals surface area contributed by atoms with Crippen molar-refractivity contribution in [3.8, 4) is 22.5 Å². The molecule has 0 amide bonds. The standard InChI is InChI=1S/C19H16N4O/c1-14-7-5-6-10-17(14)18-11-16(24-21-18)12-23-13-19(20-22-23)15-8-3-2-4-9-15/h2-11,13H,12H2,1H3. The molecule has 0 saturated heterocycles. The highest BCUT2D eigenvalue weighted by Gasteiger charge is 2.10. The molecule has 0 aliphatic heterocycles. The lowest BCUT2D eigenvalue weighted by atomic mass is 10.1. The fourth-order valence-electron chi connectivity index (χ4n) is 2.65. The van der Waals surface area contributed by atoms with Gasteiger partial charge in [-0.25, -0.2) is 4.68 Å². The van der Waals surface area contributed by atoms with Gasteiger partial charge in [0.05, 0.1) is 6.20 Å². The van der Waals surface area contributed by atoms with E-state index < -0.39 is 0 Å². The number of hydrogen-bond acceptors (Lipinski definition) is 4. The van der Waals surface area contributed by atoms with Crippen LogP contribution < -0.4 is 0 Å². The van der Waals surface area contributed by atoms with Gasteiger partial charge in [0.1, 0.15) is 17.9 Å². The first-order valence-electron chi connectivity index (χ1n) is 7.77. The van der Waals surface area contributed by atoms with Crippen molar-refractivity contribution in [1.82, 2.24) is 20.2 Å². The van der Waals surface area contributed by atoms with Gasteiger partial charge in [0.15, 0.2) is 5.76 Å². The molecule has 0 radical (unpaired) electrons.